The van der Waals surface area contributed by atoms with Crippen LogP contribution in [-0.4, -0.2) is 28.6 Å². The number of H-pyrrole nitrogens is 1. The van der Waals surface area contributed by atoms with Crippen molar-refractivity contribution in [2.24, 2.45) is 5.73 Å². The predicted octanol–water partition coefficient (Wildman–Crippen LogP) is 1.22. The number of hydrogen-bond donors (Lipinski definition) is 2. The maximum Gasteiger partial charge on any atom is 0.329 e. The van der Waals surface area contributed by atoms with E-state index < -0.39 is 5.66 Å². The zero-order valence-electron chi connectivity index (χ0n) is 11.9. The summed E-state index contributed by atoms with van der Waals surface area (Å²) in [5, 5.41) is 0. The topological polar surface area (TPSA) is 79.9 Å². The fourth-order valence-corrected chi connectivity index (χ4v) is 2.20. The normalized spacial score (nSPS) is 12.1. The summed E-state index contributed by atoms with van der Waals surface area (Å²) < 4.78 is 1.58. The Bertz CT molecular complexity index is 636. The molecule has 0 saturated carbocycles. The average molecular weight is 263 g/mol. The van der Waals surface area contributed by atoms with Crippen LogP contribution in [0.25, 0.3) is 11.2 Å². The zero-order chi connectivity index (χ0) is 14.2. The molecule has 0 amide bonds. The van der Waals surface area contributed by atoms with Gasteiger partial charge in [-0.1, -0.05) is 13.8 Å². The second-order valence-corrected chi connectivity index (χ2v) is 5.01. The smallest absolute Gasteiger partial charge is 0.329 e. The van der Waals surface area contributed by atoms with Gasteiger partial charge in [-0.3, -0.25) is 4.57 Å². The molecule has 0 aliphatic rings. The van der Waals surface area contributed by atoms with Gasteiger partial charge in [0, 0.05) is 14.1 Å². The first-order chi connectivity index (χ1) is 8.92. The lowest BCUT2D eigenvalue weighted by Gasteiger charge is -2.28. The molecule has 104 valence electrons. The van der Waals surface area contributed by atoms with E-state index in [-0.39, 0.29) is 5.69 Å². The number of pyridine rings is 1. The van der Waals surface area contributed by atoms with Crippen molar-refractivity contribution in [2.45, 2.75) is 32.4 Å². The number of hydrogen-bond acceptors (Lipinski definition) is 4. The molecule has 6 heteroatoms. The molecule has 2 heterocycles. The minimum atomic E-state index is -0.701. The first kappa shape index (κ1) is 13.6. The van der Waals surface area contributed by atoms with Gasteiger partial charge in [0.1, 0.15) is 5.82 Å². The second-order valence-electron chi connectivity index (χ2n) is 5.01. The maximum absolute atomic E-state index is 12.2. The van der Waals surface area contributed by atoms with Crippen molar-refractivity contribution in [2.75, 3.05) is 19.0 Å². The molecule has 0 unspecified atom stereocenters. The summed E-state index contributed by atoms with van der Waals surface area (Å²) in [5.41, 5.74) is 6.77. The molecule has 0 spiro atoms. The van der Waals surface area contributed by atoms with E-state index in [0.717, 1.165) is 5.82 Å². The minimum Gasteiger partial charge on any atom is -0.363 e. The van der Waals surface area contributed by atoms with Gasteiger partial charge < -0.3 is 15.6 Å². The number of nitrogens with two attached hydrogens (primary N) is 1. The SMILES string of the molecule is CCC(N)(CC)n1c(=O)[nH]c2ccc(N(C)C)nc21. The molecule has 0 atom stereocenters. The number of fused-ring (bicyclic) bond motifs is 1. The van der Waals surface area contributed by atoms with Gasteiger partial charge in [-0.15, -0.1) is 0 Å². The fourth-order valence-electron chi connectivity index (χ4n) is 2.20. The summed E-state index contributed by atoms with van der Waals surface area (Å²) in [7, 11) is 3.83. The van der Waals surface area contributed by atoms with Crippen molar-refractivity contribution in [3.05, 3.63) is 22.6 Å². The summed E-state index contributed by atoms with van der Waals surface area (Å²) in [6.07, 6.45) is 1.34. The van der Waals surface area contributed by atoms with E-state index in [0.29, 0.717) is 24.0 Å². The molecule has 2 aromatic heterocycles. The molecule has 19 heavy (non-hydrogen) atoms. The van der Waals surface area contributed by atoms with Crippen LogP contribution in [0, 0.1) is 0 Å². The van der Waals surface area contributed by atoms with Crippen molar-refractivity contribution in [3.8, 4) is 0 Å². The van der Waals surface area contributed by atoms with Crippen LogP contribution in [0.5, 0.6) is 0 Å². The van der Waals surface area contributed by atoms with Crippen LogP contribution in [0.4, 0.5) is 5.82 Å². The average Bonchev–Trinajstić information content (AvgIpc) is 2.73. The summed E-state index contributed by atoms with van der Waals surface area (Å²) >= 11 is 0. The van der Waals surface area contributed by atoms with Crippen LogP contribution in [0.3, 0.4) is 0 Å². The number of aromatic amines is 1. The van der Waals surface area contributed by atoms with Crippen LogP contribution in [-0.2, 0) is 5.66 Å². The van der Waals surface area contributed by atoms with Gasteiger partial charge in [-0.2, -0.15) is 0 Å². The predicted molar refractivity (Wildman–Crippen MR) is 77.4 cm³/mol. The Kier molecular flexibility index (Phi) is 3.36. The highest BCUT2D eigenvalue weighted by molar-refractivity contribution is 5.73. The number of imidazole rings is 1. The Hall–Kier alpha value is -1.82. The number of nitrogens with one attached hydrogen (secondary N) is 1. The molecule has 0 radical (unpaired) electrons. The Balaban J connectivity index is 2.76. The van der Waals surface area contributed by atoms with Gasteiger partial charge in [0.25, 0.3) is 0 Å². The lowest BCUT2D eigenvalue weighted by molar-refractivity contribution is 0.272. The highest BCUT2D eigenvalue weighted by Gasteiger charge is 2.27. The van der Waals surface area contributed by atoms with Gasteiger partial charge in [0.05, 0.1) is 11.2 Å². The summed E-state index contributed by atoms with van der Waals surface area (Å²) in [6, 6.07) is 3.74. The Morgan fingerprint density at radius 3 is 2.53 bits per heavy atom. The van der Waals surface area contributed by atoms with Crippen molar-refractivity contribution < 1.29 is 0 Å². The maximum atomic E-state index is 12.2. The van der Waals surface area contributed by atoms with Crippen molar-refractivity contribution in [1.29, 1.82) is 0 Å². The van der Waals surface area contributed by atoms with Crippen molar-refractivity contribution in [1.82, 2.24) is 14.5 Å². The summed E-state index contributed by atoms with van der Waals surface area (Å²) in [5.74, 6) is 0.801. The largest absolute Gasteiger partial charge is 0.363 e. The number of aromatic nitrogens is 3. The van der Waals surface area contributed by atoms with Gasteiger partial charge in [0.2, 0.25) is 0 Å². The molecular formula is C13H21N5O. The van der Waals surface area contributed by atoms with Crippen LogP contribution >= 0.6 is 0 Å². The van der Waals surface area contributed by atoms with Gasteiger partial charge >= 0.3 is 5.69 Å². The van der Waals surface area contributed by atoms with Gasteiger partial charge in [0.15, 0.2) is 5.65 Å². The third kappa shape index (κ3) is 2.12. The van der Waals surface area contributed by atoms with Crippen LogP contribution in [0.15, 0.2) is 16.9 Å². The molecule has 0 fully saturated rings. The Labute approximate surface area is 112 Å². The molecule has 0 aromatic carbocycles. The van der Waals surface area contributed by atoms with Crippen molar-refractivity contribution >= 4 is 17.0 Å². The first-order valence-electron chi connectivity index (χ1n) is 6.51. The Morgan fingerprint density at radius 1 is 1.37 bits per heavy atom. The molecule has 0 bridgehead atoms. The highest BCUT2D eigenvalue weighted by atomic mass is 16.1. The lowest BCUT2D eigenvalue weighted by Crippen LogP contribution is -2.47. The first-order valence-corrected chi connectivity index (χ1v) is 6.51. The monoisotopic (exact) mass is 263 g/mol. The molecule has 0 aliphatic heterocycles. The van der Waals surface area contributed by atoms with E-state index in [9.17, 15) is 4.79 Å². The highest BCUT2D eigenvalue weighted by Crippen LogP contribution is 2.22. The minimum absolute atomic E-state index is 0.204. The quantitative estimate of drug-likeness (QED) is 0.869. The van der Waals surface area contributed by atoms with E-state index >= 15 is 0 Å². The molecule has 6 nitrogen and oxygen atoms in total. The third-order valence-electron chi connectivity index (χ3n) is 3.64. The van der Waals surface area contributed by atoms with Crippen molar-refractivity contribution in [3.63, 3.8) is 0 Å². The van der Waals surface area contributed by atoms with E-state index in [1.54, 1.807) is 4.57 Å². The number of rotatable bonds is 4. The van der Waals surface area contributed by atoms with Gasteiger partial charge in [-0.05, 0) is 25.0 Å². The fraction of sp³-hybridized carbons (Fsp3) is 0.538. The molecule has 3 N–H and O–H groups in total. The number of anilines is 1. The molecular weight excluding hydrogens is 242 g/mol. The second kappa shape index (κ2) is 4.70. The lowest BCUT2D eigenvalue weighted by atomic mass is 10.1. The van der Waals surface area contributed by atoms with Crippen LogP contribution < -0.4 is 16.3 Å². The standard InChI is InChI=1S/C13H21N5O/c1-5-13(14,6-2)18-11-9(15-12(18)19)7-8-10(16-11)17(3)4/h7-8H,5-6,14H2,1-4H3,(H,15,19). The molecule has 0 aliphatic carbocycles. The summed E-state index contributed by atoms with van der Waals surface area (Å²) in [6.45, 7) is 3.95. The van der Waals surface area contributed by atoms with E-state index in [1.807, 2.05) is 45.0 Å². The zero-order valence-corrected chi connectivity index (χ0v) is 11.9. The van der Waals surface area contributed by atoms with E-state index in [4.69, 9.17) is 5.73 Å². The van der Waals surface area contributed by atoms with E-state index in [2.05, 4.69) is 9.97 Å². The van der Waals surface area contributed by atoms with Crippen LogP contribution in [0.2, 0.25) is 0 Å². The van der Waals surface area contributed by atoms with Gasteiger partial charge in [-0.25, -0.2) is 9.78 Å². The van der Waals surface area contributed by atoms with E-state index in [1.165, 1.54) is 0 Å². The number of nitrogens with zero attached hydrogens (tertiary/aromatic N) is 3. The summed E-state index contributed by atoms with van der Waals surface area (Å²) in [4.78, 5) is 21.4. The Morgan fingerprint density at radius 2 is 2.00 bits per heavy atom. The molecule has 2 aromatic rings. The molecule has 2 rings (SSSR count). The van der Waals surface area contributed by atoms with Crippen LogP contribution in [0.1, 0.15) is 26.7 Å². The molecule has 0 saturated heterocycles. The third-order valence-corrected chi connectivity index (χ3v) is 3.64.